The average molecular weight is 367 g/mol. The highest BCUT2D eigenvalue weighted by molar-refractivity contribution is 8.03. The van der Waals surface area contributed by atoms with Gasteiger partial charge in [0, 0.05) is 11.8 Å². The molecule has 0 N–H and O–H groups in total. The van der Waals surface area contributed by atoms with E-state index in [9.17, 15) is 9.90 Å². The summed E-state index contributed by atoms with van der Waals surface area (Å²) in [6, 6.07) is 16.9. The lowest BCUT2D eigenvalue weighted by molar-refractivity contribution is -0.298. The van der Waals surface area contributed by atoms with E-state index >= 15 is 0 Å². The van der Waals surface area contributed by atoms with Crippen LogP contribution in [-0.2, 0) is 11.4 Å². The van der Waals surface area contributed by atoms with Crippen molar-refractivity contribution in [3.63, 3.8) is 0 Å². The molecule has 132 valence electrons. The molecule has 0 saturated carbocycles. The van der Waals surface area contributed by atoms with Crippen molar-refractivity contribution in [2.24, 2.45) is 0 Å². The van der Waals surface area contributed by atoms with Crippen molar-refractivity contribution in [2.75, 3.05) is 0 Å². The van der Waals surface area contributed by atoms with E-state index in [1.165, 1.54) is 6.08 Å². The van der Waals surface area contributed by atoms with Crippen LogP contribution in [-0.4, -0.2) is 16.2 Å². The van der Waals surface area contributed by atoms with Crippen LogP contribution in [0.15, 0.2) is 69.1 Å². The maximum Gasteiger partial charge on any atom is 0.281 e. The number of hydrogen-bond acceptors (Lipinski definition) is 7. The number of rotatable bonds is 7. The summed E-state index contributed by atoms with van der Waals surface area (Å²) in [6.45, 7) is 2.06. The Hall–Kier alpha value is -3.06. The number of carboxylic acids is 1. The fourth-order valence-electron chi connectivity index (χ4n) is 2.13. The second-order valence-corrected chi connectivity index (χ2v) is 6.33. The third kappa shape index (κ3) is 4.97. The van der Waals surface area contributed by atoms with Crippen molar-refractivity contribution >= 4 is 23.8 Å². The largest absolute Gasteiger partial charge is 0.544 e. The number of carbonyl (C=O) groups is 1. The summed E-state index contributed by atoms with van der Waals surface area (Å²) < 4.78 is 11.0. The number of aliphatic carboxylic acids is 1. The van der Waals surface area contributed by atoms with E-state index in [-0.39, 0.29) is 10.1 Å². The zero-order valence-corrected chi connectivity index (χ0v) is 14.7. The highest BCUT2D eigenvalue weighted by Crippen LogP contribution is 2.27. The van der Waals surface area contributed by atoms with Crippen LogP contribution < -0.4 is 9.84 Å². The van der Waals surface area contributed by atoms with Gasteiger partial charge in [0.05, 0.1) is 5.97 Å². The Morgan fingerprint density at radius 3 is 2.69 bits per heavy atom. The van der Waals surface area contributed by atoms with E-state index < -0.39 is 5.97 Å². The monoisotopic (exact) mass is 367 g/mol. The molecule has 0 unspecified atom stereocenters. The first-order chi connectivity index (χ1) is 12.6. The lowest BCUT2D eigenvalue weighted by Crippen LogP contribution is -2.23. The van der Waals surface area contributed by atoms with E-state index in [1.54, 1.807) is 25.1 Å². The highest BCUT2D eigenvalue weighted by atomic mass is 32.2. The summed E-state index contributed by atoms with van der Waals surface area (Å²) >= 11 is 0.847. The first-order valence-electron chi connectivity index (χ1n) is 7.78. The topological polar surface area (TPSA) is 88.3 Å². The third-order valence-electron chi connectivity index (χ3n) is 3.31. The Labute approximate surface area is 154 Å². The van der Waals surface area contributed by atoms with Crippen LogP contribution >= 0.6 is 11.8 Å². The number of carboxylic acid groups (broad SMARTS) is 1. The fraction of sp³-hybridized carbons (Fsp3) is 0.105. The molecule has 0 amide bonds. The van der Waals surface area contributed by atoms with Gasteiger partial charge in [-0.2, -0.15) is 0 Å². The van der Waals surface area contributed by atoms with Gasteiger partial charge in [-0.3, -0.25) is 0 Å². The van der Waals surface area contributed by atoms with Crippen molar-refractivity contribution in [3.8, 4) is 5.75 Å². The van der Waals surface area contributed by atoms with Crippen molar-refractivity contribution in [3.05, 3.63) is 76.5 Å². The quantitative estimate of drug-likeness (QED) is 0.469. The normalized spacial score (nSPS) is 11.3. The fourth-order valence-corrected chi connectivity index (χ4v) is 2.84. The first-order valence-corrected chi connectivity index (χ1v) is 8.59. The molecule has 0 saturated heterocycles. The van der Waals surface area contributed by atoms with Crippen LogP contribution in [0.1, 0.15) is 17.0 Å². The van der Waals surface area contributed by atoms with Crippen molar-refractivity contribution in [2.45, 2.75) is 18.8 Å². The Balaban J connectivity index is 1.74. The molecule has 0 atom stereocenters. The van der Waals surface area contributed by atoms with Gasteiger partial charge in [-0.05, 0) is 41.1 Å². The molecule has 0 aliphatic heterocycles. The molecule has 0 radical (unpaired) electrons. The molecule has 0 aliphatic rings. The Morgan fingerprint density at radius 2 is 2.00 bits per heavy atom. The highest BCUT2D eigenvalue weighted by Gasteiger charge is 2.09. The molecule has 0 bridgehead atoms. The molecular weight excluding hydrogens is 352 g/mol. The maximum absolute atomic E-state index is 11.4. The average Bonchev–Trinajstić information content (AvgIpc) is 3.05. The molecule has 0 fully saturated rings. The van der Waals surface area contributed by atoms with Crippen molar-refractivity contribution in [1.82, 2.24) is 10.2 Å². The van der Waals surface area contributed by atoms with E-state index in [4.69, 9.17) is 9.15 Å². The minimum atomic E-state index is -1.32. The number of thioether (sulfide) groups is 1. The van der Waals surface area contributed by atoms with Crippen LogP contribution in [0.2, 0.25) is 0 Å². The molecule has 3 aromatic rings. The molecule has 2 aromatic carbocycles. The Bertz CT molecular complexity index is 922. The van der Waals surface area contributed by atoms with Gasteiger partial charge in [-0.25, -0.2) is 0 Å². The molecule has 0 aliphatic carbocycles. The van der Waals surface area contributed by atoms with Crippen LogP contribution in [0, 0.1) is 6.92 Å². The minimum absolute atomic E-state index is 0.0335. The van der Waals surface area contributed by atoms with Crippen LogP contribution in [0.5, 0.6) is 5.75 Å². The summed E-state index contributed by atoms with van der Waals surface area (Å²) in [7, 11) is 0. The second kappa shape index (κ2) is 8.35. The molecule has 0 spiro atoms. The smallest absolute Gasteiger partial charge is 0.281 e. The predicted molar refractivity (Wildman–Crippen MR) is 95.1 cm³/mol. The van der Waals surface area contributed by atoms with Crippen LogP contribution in [0.4, 0.5) is 0 Å². The summed E-state index contributed by atoms with van der Waals surface area (Å²) in [5, 5.41) is 19.0. The molecule has 1 heterocycles. The van der Waals surface area contributed by atoms with Gasteiger partial charge < -0.3 is 19.1 Å². The van der Waals surface area contributed by atoms with Crippen LogP contribution in [0.3, 0.4) is 0 Å². The predicted octanol–water partition coefficient (Wildman–Crippen LogP) is 2.84. The first kappa shape index (κ1) is 17.8. The van der Waals surface area contributed by atoms with Gasteiger partial charge in [0.1, 0.15) is 12.4 Å². The molecule has 6 nitrogen and oxygen atoms in total. The van der Waals surface area contributed by atoms with E-state index in [1.807, 2.05) is 36.4 Å². The lowest BCUT2D eigenvalue weighted by atomic mass is 10.2. The number of carbonyl (C=O) groups excluding carboxylic acids is 1. The molecule has 26 heavy (non-hydrogen) atoms. The summed E-state index contributed by atoms with van der Waals surface area (Å²) in [6.07, 6.45) is 1.48. The number of ether oxygens (including phenoxy) is 1. The van der Waals surface area contributed by atoms with Gasteiger partial charge in [0.15, 0.2) is 0 Å². The molecule has 7 heteroatoms. The molecular formula is C19H15N2O4S-. The van der Waals surface area contributed by atoms with Gasteiger partial charge >= 0.3 is 0 Å². The van der Waals surface area contributed by atoms with Gasteiger partial charge in [0.25, 0.3) is 5.22 Å². The van der Waals surface area contributed by atoms with E-state index in [2.05, 4.69) is 10.2 Å². The lowest BCUT2D eigenvalue weighted by Gasteiger charge is -2.08. The molecule has 1 aromatic heterocycles. The number of nitrogens with zero attached hydrogens (tertiary/aromatic N) is 2. The number of aromatic nitrogens is 2. The zero-order chi connectivity index (χ0) is 18.4. The summed E-state index contributed by atoms with van der Waals surface area (Å²) in [4.78, 5) is 11.4. The van der Waals surface area contributed by atoms with E-state index in [0.717, 1.165) is 17.3 Å². The number of benzene rings is 2. The third-order valence-corrected chi connectivity index (χ3v) is 4.15. The van der Waals surface area contributed by atoms with Gasteiger partial charge in [-0.1, -0.05) is 42.5 Å². The number of hydrogen-bond donors (Lipinski definition) is 0. The van der Waals surface area contributed by atoms with Crippen LogP contribution in [0.25, 0.3) is 6.08 Å². The maximum atomic E-state index is 11.4. The molecule has 3 rings (SSSR count). The van der Waals surface area contributed by atoms with E-state index in [0.29, 0.717) is 23.8 Å². The minimum Gasteiger partial charge on any atom is -0.544 e. The van der Waals surface area contributed by atoms with Crippen molar-refractivity contribution in [1.29, 1.82) is 0 Å². The Kier molecular flexibility index (Phi) is 5.70. The van der Waals surface area contributed by atoms with Crippen molar-refractivity contribution < 1.29 is 19.1 Å². The number of aryl methyl sites for hydroxylation is 1. The zero-order valence-electron chi connectivity index (χ0n) is 13.9. The SMILES string of the molecule is Cc1nnc(S/C(=C\c2cccc(OCc3ccccc3)c2)C(=O)[O-])o1. The van der Waals surface area contributed by atoms with Gasteiger partial charge in [0.2, 0.25) is 5.89 Å². The summed E-state index contributed by atoms with van der Waals surface area (Å²) in [5.41, 5.74) is 1.71. The van der Waals surface area contributed by atoms with Gasteiger partial charge in [-0.15, -0.1) is 10.2 Å². The standard InChI is InChI=1S/C19H16N2O4S/c1-13-20-21-19(25-13)26-17(18(22)23)11-15-8-5-9-16(10-15)24-12-14-6-3-2-4-7-14/h2-11H,12H2,1H3,(H,22,23)/p-1/b17-11-. The summed E-state index contributed by atoms with van der Waals surface area (Å²) in [5.74, 6) is -0.318. The second-order valence-electron chi connectivity index (χ2n) is 5.33. The Morgan fingerprint density at radius 1 is 1.19 bits per heavy atom.